The van der Waals surface area contributed by atoms with Crippen molar-refractivity contribution in [2.24, 2.45) is 0 Å². The molecule has 1 fully saturated rings. The van der Waals surface area contributed by atoms with Gasteiger partial charge in [0.25, 0.3) is 0 Å². The Labute approximate surface area is 81.0 Å². The first-order chi connectivity index (χ1) is 6.84. The van der Waals surface area contributed by atoms with E-state index in [4.69, 9.17) is 9.47 Å². The van der Waals surface area contributed by atoms with Crippen molar-refractivity contribution in [1.82, 2.24) is 10.3 Å². The molecule has 1 aromatic heterocycles. The number of hydrogen-bond donors (Lipinski definition) is 1. The molecule has 1 amide bonds. The van der Waals surface area contributed by atoms with E-state index in [0.29, 0.717) is 18.9 Å². The van der Waals surface area contributed by atoms with E-state index in [1.54, 1.807) is 24.5 Å². The third kappa shape index (κ3) is 2.12. The van der Waals surface area contributed by atoms with Crippen LogP contribution in [0.25, 0.3) is 0 Å². The summed E-state index contributed by atoms with van der Waals surface area (Å²) in [5, 5.41) is 2.55. The first-order valence-electron chi connectivity index (χ1n) is 4.32. The molecule has 1 N–H and O–H groups in total. The summed E-state index contributed by atoms with van der Waals surface area (Å²) in [6.07, 6.45) is 2.70. The highest BCUT2D eigenvalue weighted by Gasteiger charge is 2.22. The molecule has 5 heteroatoms. The van der Waals surface area contributed by atoms with Crippen molar-refractivity contribution in [3.8, 4) is 5.75 Å². The number of pyridine rings is 1. The predicted molar refractivity (Wildman–Crippen MR) is 48.0 cm³/mol. The van der Waals surface area contributed by atoms with Crippen LogP contribution in [-0.4, -0.2) is 30.3 Å². The molecule has 0 saturated carbocycles. The second kappa shape index (κ2) is 3.95. The number of amides is 1. The second-order valence-electron chi connectivity index (χ2n) is 2.91. The molecule has 0 spiro atoms. The van der Waals surface area contributed by atoms with E-state index in [-0.39, 0.29) is 12.2 Å². The number of cyclic esters (lactones) is 1. The van der Waals surface area contributed by atoms with Gasteiger partial charge in [0.15, 0.2) is 6.10 Å². The molecule has 14 heavy (non-hydrogen) atoms. The summed E-state index contributed by atoms with van der Waals surface area (Å²) in [6.45, 7) is 0.851. The highest BCUT2D eigenvalue weighted by atomic mass is 16.6. The van der Waals surface area contributed by atoms with Crippen LogP contribution in [0.4, 0.5) is 4.79 Å². The van der Waals surface area contributed by atoms with Gasteiger partial charge in [-0.2, -0.15) is 0 Å². The van der Waals surface area contributed by atoms with Gasteiger partial charge in [-0.15, -0.1) is 0 Å². The number of hydrogen-bond acceptors (Lipinski definition) is 4. The quantitative estimate of drug-likeness (QED) is 0.764. The Hall–Kier alpha value is -1.78. The summed E-state index contributed by atoms with van der Waals surface area (Å²) in [5.74, 6) is 0.676. The number of ether oxygens (including phenoxy) is 2. The van der Waals surface area contributed by atoms with E-state index in [0.717, 1.165) is 0 Å². The lowest BCUT2D eigenvalue weighted by Gasteiger charge is -2.09. The molecule has 5 nitrogen and oxygen atoms in total. The molecule has 0 aromatic carbocycles. The van der Waals surface area contributed by atoms with Crippen molar-refractivity contribution in [2.45, 2.75) is 6.10 Å². The van der Waals surface area contributed by atoms with Crippen molar-refractivity contribution in [3.63, 3.8) is 0 Å². The van der Waals surface area contributed by atoms with Gasteiger partial charge in [0.05, 0.1) is 12.7 Å². The predicted octanol–water partition coefficient (Wildman–Crippen LogP) is 0.569. The van der Waals surface area contributed by atoms with E-state index in [9.17, 15) is 4.79 Å². The molecule has 2 heterocycles. The monoisotopic (exact) mass is 194 g/mol. The first-order valence-corrected chi connectivity index (χ1v) is 4.32. The number of aromatic nitrogens is 1. The fourth-order valence-electron chi connectivity index (χ4n) is 1.15. The third-order valence-corrected chi connectivity index (χ3v) is 1.82. The van der Waals surface area contributed by atoms with Gasteiger partial charge in [-0.1, -0.05) is 0 Å². The van der Waals surface area contributed by atoms with Gasteiger partial charge in [0.1, 0.15) is 12.4 Å². The third-order valence-electron chi connectivity index (χ3n) is 1.82. The Kier molecular flexibility index (Phi) is 2.48. The minimum absolute atomic E-state index is 0.206. The highest BCUT2D eigenvalue weighted by Crippen LogP contribution is 2.08. The van der Waals surface area contributed by atoms with E-state index < -0.39 is 0 Å². The molecule has 0 aliphatic carbocycles. The van der Waals surface area contributed by atoms with Crippen molar-refractivity contribution in [1.29, 1.82) is 0 Å². The van der Waals surface area contributed by atoms with E-state index >= 15 is 0 Å². The van der Waals surface area contributed by atoms with Gasteiger partial charge in [-0.25, -0.2) is 4.79 Å². The average molecular weight is 194 g/mol. The summed E-state index contributed by atoms with van der Waals surface area (Å²) in [7, 11) is 0. The molecular formula is C9H10N2O3. The van der Waals surface area contributed by atoms with Crippen molar-refractivity contribution < 1.29 is 14.3 Å². The number of carbonyl (C=O) groups is 1. The van der Waals surface area contributed by atoms with Gasteiger partial charge in [0, 0.05) is 6.20 Å². The number of alkyl carbamates (subject to hydrolysis) is 1. The van der Waals surface area contributed by atoms with Gasteiger partial charge >= 0.3 is 6.09 Å². The van der Waals surface area contributed by atoms with Crippen molar-refractivity contribution in [3.05, 3.63) is 24.5 Å². The molecule has 0 bridgehead atoms. The zero-order valence-electron chi connectivity index (χ0n) is 7.47. The van der Waals surface area contributed by atoms with E-state index in [2.05, 4.69) is 10.3 Å². The van der Waals surface area contributed by atoms with Crippen LogP contribution in [0, 0.1) is 0 Å². The fraction of sp³-hybridized carbons (Fsp3) is 0.333. The zero-order valence-corrected chi connectivity index (χ0v) is 7.47. The smallest absolute Gasteiger partial charge is 0.407 e. The average Bonchev–Trinajstić information content (AvgIpc) is 2.63. The number of rotatable bonds is 3. The van der Waals surface area contributed by atoms with Gasteiger partial charge in [-0.3, -0.25) is 4.98 Å². The molecule has 1 aliphatic heterocycles. The summed E-state index contributed by atoms with van der Waals surface area (Å²) in [5.41, 5.74) is 0. The lowest BCUT2D eigenvalue weighted by Crippen LogP contribution is -2.21. The minimum atomic E-state index is -0.384. The lowest BCUT2D eigenvalue weighted by molar-refractivity contribution is 0.104. The second-order valence-corrected chi connectivity index (χ2v) is 2.91. The van der Waals surface area contributed by atoms with Crippen LogP contribution in [0.5, 0.6) is 5.75 Å². The van der Waals surface area contributed by atoms with Crippen LogP contribution in [-0.2, 0) is 4.74 Å². The van der Waals surface area contributed by atoms with E-state index in [1.807, 2.05) is 0 Å². The van der Waals surface area contributed by atoms with Crippen LogP contribution in [0.3, 0.4) is 0 Å². The molecule has 74 valence electrons. The molecule has 1 saturated heterocycles. The number of nitrogens with one attached hydrogen (secondary N) is 1. The maximum atomic E-state index is 10.7. The van der Waals surface area contributed by atoms with Crippen molar-refractivity contribution >= 4 is 6.09 Å². The molecule has 1 atom stereocenters. The maximum absolute atomic E-state index is 10.7. The van der Waals surface area contributed by atoms with Gasteiger partial charge in [0.2, 0.25) is 0 Å². The molecule has 1 aliphatic rings. The summed E-state index contributed by atoms with van der Waals surface area (Å²) in [6, 6.07) is 3.59. The molecule has 0 radical (unpaired) electrons. The highest BCUT2D eigenvalue weighted by molar-refractivity contribution is 5.69. The Balaban J connectivity index is 1.80. The van der Waals surface area contributed by atoms with Crippen LogP contribution in [0.2, 0.25) is 0 Å². The van der Waals surface area contributed by atoms with Crippen LogP contribution in [0.1, 0.15) is 0 Å². The molecule has 1 aromatic rings. The minimum Gasteiger partial charge on any atom is -0.488 e. The Bertz CT molecular complexity index is 315. The van der Waals surface area contributed by atoms with E-state index in [1.165, 1.54) is 0 Å². The summed E-state index contributed by atoms with van der Waals surface area (Å²) >= 11 is 0. The Morgan fingerprint density at radius 3 is 3.29 bits per heavy atom. The fourth-order valence-corrected chi connectivity index (χ4v) is 1.15. The lowest BCUT2D eigenvalue weighted by atomic mass is 10.4. The Morgan fingerprint density at radius 1 is 1.71 bits per heavy atom. The number of nitrogens with zero attached hydrogens (tertiary/aromatic N) is 1. The van der Waals surface area contributed by atoms with Gasteiger partial charge < -0.3 is 14.8 Å². The molecule has 1 unspecified atom stereocenters. The van der Waals surface area contributed by atoms with Gasteiger partial charge in [-0.05, 0) is 12.1 Å². The standard InChI is InChI=1S/C9H10N2O3/c12-9-11-5-8(14-9)6-13-7-2-1-3-10-4-7/h1-4,8H,5-6H2,(H,11,12). The van der Waals surface area contributed by atoms with Crippen LogP contribution < -0.4 is 10.1 Å². The SMILES string of the molecule is O=C1NCC(COc2cccnc2)O1. The normalized spacial score (nSPS) is 20.0. The number of carbonyl (C=O) groups excluding carboxylic acids is 1. The van der Waals surface area contributed by atoms with Crippen LogP contribution in [0.15, 0.2) is 24.5 Å². The summed E-state index contributed by atoms with van der Waals surface area (Å²) in [4.78, 5) is 14.6. The molecule has 2 rings (SSSR count). The first kappa shape index (κ1) is 8.80. The largest absolute Gasteiger partial charge is 0.488 e. The topological polar surface area (TPSA) is 60.5 Å². The van der Waals surface area contributed by atoms with Crippen molar-refractivity contribution in [2.75, 3.05) is 13.2 Å². The summed E-state index contributed by atoms with van der Waals surface area (Å²) < 4.78 is 10.2. The maximum Gasteiger partial charge on any atom is 0.407 e. The Morgan fingerprint density at radius 2 is 2.64 bits per heavy atom. The molecular weight excluding hydrogens is 184 g/mol. The zero-order chi connectivity index (χ0) is 9.80. The van der Waals surface area contributed by atoms with Crippen LogP contribution >= 0.6 is 0 Å².